The Balaban J connectivity index is 1.52. The lowest BCUT2D eigenvalue weighted by Gasteiger charge is -2.26. The average molecular weight is 479 g/mol. The van der Waals surface area contributed by atoms with Crippen molar-refractivity contribution in [3.63, 3.8) is 0 Å². The van der Waals surface area contributed by atoms with Gasteiger partial charge in [0, 0.05) is 27.7 Å². The number of nitrogens with zero attached hydrogens (tertiary/aromatic N) is 3. The van der Waals surface area contributed by atoms with E-state index in [4.69, 9.17) is 0 Å². The summed E-state index contributed by atoms with van der Waals surface area (Å²) in [6.07, 6.45) is 4.70. The first-order chi connectivity index (χ1) is 13.3. The van der Waals surface area contributed by atoms with Crippen LogP contribution in [0.4, 0.5) is 5.13 Å². The van der Waals surface area contributed by atoms with Crippen LogP contribution in [0.25, 0.3) is 11.3 Å². The van der Waals surface area contributed by atoms with Crippen molar-refractivity contribution in [3.8, 4) is 11.3 Å². The van der Waals surface area contributed by atoms with E-state index < -0.39 is 10.0 Å². The SMILES string of the molecule is Cc1sc(NC(=O)C2=CN3CCS(=O)(=O)N=C3C=C2)nc1-c1ccc(Br)cc1. The van der Waals surface area contributed by atoms with Gasteiger partial charge < -0.3 is 4.90 Å². The Morgan fingerprint density at radius 2 is 2.00 bits per heavy atom. The Morgan fingerprint density at radius 1 is 1.25 bits per heavy atom. The van der Waals surface area contributed by atoms with Crippen LogP contribution in [0.2, 0.25) is 0 Å². The number of sulfonamides is 1. The van der Waals surface area contributed by atoms with Crippen molar-refractivity contribution >= 4 is 54.2 Å². The molecule has 0 radical (unpaired) electrons. The third-order valence-corrected chi connectivity index (χ3v) is 6.80. The number of hydrogen-bond donors (Lipinski definition) is 1. The number of benzene rings is 1. The van der Waals surface area contributed by atoms with E-state index in [-0.39, 0.29) is 18.2 Å². The Hall–Kier alpha value is -2.30. The Morgan fingerprint density at radius 3 is 2.75 bits per heavy atom. The summed E-state index contributed by atoms with van der Waals surface area (Å²) in [6.45, 7) is 2.23. The summed E-state index contributed by atoms with van der Waals surface area (Å²) in [7, 11) is -3.42. The number of anilines is 1. The van der Waals surface area contributed by atoms with Gasteiger partial charge in [-0.2, -0.15) is 0 Å². The fourth-order valence-corrected chi connectivity index (χ4v) is 4.89. The fraction of sp³-hybridized carbons (Fsp3) is 0.167. The van der Waals surface area contributed by atoms with Crippen molar-refractivity contribution < 1.29 is 13.2 Å². The molecule has 0 saturated carbocycles. The maximum atomic E-state index is 12.6. The minimum Gasteiger partial charge on any atom is -0.330 e. The summed E-state index contributed by atoms with van der Waals surface area (Å²) in [4.78, 5) is 19.8. The second-order valence-electron chi connectivity index (χ2n) is 6.23. The van der Waals surface area contributed by atoms with Crippen molar-refractivity contribution in [1.82, 2.24) is 9.88 Å². The second kappa shape index (κ2) is 7.26. The van der Waals surface area contributed by atoms with Gasteiger partial charge in [0.1, 0.15) is 5.84 Å². The van der Waals surface area contributed by atoms with E-state index in [0.717, 1.165) is 20.6 Å². The van der Waals surface area contributed by atoms with Gasteiger partial charge in [0.15, 0.2) is 5.13 Å². The second-order valence-corrected chi connectivity index (χ2v) is 10.1. The number of halogens is 1. The number of rotatable bonds is 3. The molecule has 0 saturated heterocycles. The summed E-state index contributed by atoms with van der Waals surface area (Å²) >= 11 is 4.82. The van der Waals surface area contributed by atoms with Gasteiger partial charge >= 0.3 is 0 Å². The molecule has 0 unspecified atom stereocenters. The predicted molar refractivity (Wildman–Crippen MR) is 114 cm³/mol. The number of amides is 1. The zero-order chi connectivity index (χ0) is 19.9. The molecule has 0 aliphatic carbocycles. The average Bonchev–Trinajstić information content (AvgIpc) is 3.01. The number of carbonyl (C=O) groups is 1. The molecular weight excluding hydrogens is 464 g/mol. The van der Waals surface area contributed by atoms with E-state index in [2.05, 4.69) is 30.6 Å². The molecule has 10 heteroatoms. The molecule has 4 rings (SSSR count). The van der Waals surface area contributed by atoms with Crippen LogP contribution in [0, 0.1) is 6.92 Å². The van der Waals surface area contributed by atoms with Crippen molar-refractivity contribution in [2.24, 2.45) is 4.40 Å². The van der Waals surface area contributed by atoms with Crippen molar-refractivity contribution in [2.45, 2.75) is 6.92 Å². The lowest BCUT2D eigenvalue weighted by molar-refractivity contribution is -0.112. The number of aryl methyl sites for hydroxylation is 1. The number of fused-ring (bicyclic) bond motifs is 1. The van der Waals surface area contributed by atoms with Crippen LogP contribution in [0.3, 0.4) is 0 Å². The molecule has 0 spiro atoms. The molecule has 2 aromatic rings. The summed E-state index contributed by atoms with van der Waals surface area (Å²) in [6, 6.07) is 7.83. The van der Waals surface area contributed by atoms with E-state index >= 15 is 0 Å². The van der Waals surface area contributed by atoms with Crippen molar-refractivity contribution in [3.05, 3.63) is 57.5 Å². The van der Waals surface area contributed by atoms with Crippen molar-refractivity contribution in [1.29, 1.82) is 0 Å². The van der Waals surface area contributed by atoms with Crippen LogP contribution in [0.15, 0.2) is 57.1 Å². The van der Waals surface area contributed by atoms with E-state index in [9.17, 15) is 13.2 Å². The number of hydrogen-bond acceptors (Lipinski definition) is 6. The molecular formula is C18H15BrN4O3S2. The standard InChI is InChI=1S/C18H15BrN4O3S2/c1-11-16(12-2-5-14(19)6-3-12)20-18(27-11)21-17(24)13-4-7-15-22-28(25,26)9-8-23(15)10-13/h2-7,10H,8-9H2,1H3,(H,20,21,24). The zero-order valence-electron chi connectivity index (χ0n) is 14.7. The highest BCUT2D eigenvalue weighted by Crippen LogP contribution is 2.31. The van der Waals surface area contributed by atoms with E-state index in [1.165, 1.54) is 17.4 Å². The maximum Gasteiger partial charge on any atom is 0.258 e. The molecule has 1 N–H and O–H groups in total. The molecule has 2 aliphatic heterocycles. The van der Waals surface area contributed by atoms with Gasteiger partial charge in [-0.1, -0.05) is 28.1 Å². The highest BCUT2D eigenvalue weighted by atomic mass is 79.9. The quantitative estimate of drug-likeness (QED) is 0.730. The molecule has 0 bridgehead atoms. The predicted octanol–water partition coefficient (Wildman–Crippen LogP) is 3.32. The summed E-state index contributed by atoms with van der Waals surface area (Å²) in [5.74, 6) is -0.0527. The van der Waals surface area contributed by atoms with Gasteiger partial charge in [0.25, 0.3) is 15.9 Å². The maximum absolute atomic E-state index is 12.6. The Bertz CT molecular complexity index is 1150. The molecule has 28 heavy (non-hydrogen) atoms. The highest BCUT2D eigenvalue weighted by molar-refractivity contribution is 9.10. The summed E-state index contributed by atoms with van der Waals surface area (Å²) in [5, 5.41) is 3.33. The first-order valence-electron chi connectivity index (χ1n) is 8.35. The fourth-order valence-electron chi connectivity index (χ4n) is 2.83. The van der Waals surface area contributed by atoms with Gasteiger partial charge in [-0.25, -0.2) is 13.4 Å². The normalized spacial score (nSPS) is 17.6. The number of nitrogens with one attached hydrogen (secondary N) is 1. The minimum absolute atomic E-state index is 0.0715. The van der Waals surface area contributed by atoms with Gasteiger partial charge in [-0.3, -0.25) is 10.1 Å². The first kappa shape index (κ1) is 19.0. The largest absolute Gasteiger partial charge is 0.330 e. The highest BCUT2D eigenvalue weighted by Gasteiger charge is 2.25. The van der Waals surface area contributed by atoms with Crippen LogP contribution in [0.1, 0.15) is 4.88 Å². The van der Waals surface area contributed by atoms with Crippen LogP contribution in [-0.4, -0.2) is 42.3 Å². The third kappa shape index (κ3) is 3.94. The molecule has 3 heterocycles. The van der Waals surface area contributed by atoms with Gasteiger partial charge in [-0.05, 0) is 31.2 Å². The molecule has 144 valence electrons. The topological polar surface area (TPSA) is 91.7 Å². The Kier molecular flexibility index (Phi) is 4.94. The van der Waals surface area contributed by atoms with Crippen LogP contribution in [0.5, 0.6) is 0 Å². The smallest absolute Gasteiger partial charge is 0.258 e. The molecule has 0 fully saturated rings. The van der Waals surface area contributed by atoms with Gasteiger partial charge in [0.05, 0.1) is 17.0 Å². The molecule has 2 aliphatic rings. The molecule has 1 aromatic heterocycles. The van der Waals surface area contributed by atoms with Crippen LogP contribution in [-0.2, 0) is 14.8 Å². The zero-order valence-corrected chi connectivity index (χ0v) is 17.9. The summed E-state index contributed by atoms with van der Waals surface area (Å²) in [5.41, 5.74) is 2.22. The van der Waals surface area contributed by atoms with Gasteiger partial charge in [0.2, 0.25) is 0 Å². The number of aromatic nitrogens is 1. The first-order valence-corrected chi connectivity index (χ1v) is 11.6. The van der Waals surface area contributed by atoms with E-state index in [1.807, 2.05) is 31.2 Å². The monoisotopic (exact) mass is 478 g/mol. The van der Waals surface area contributed by atoms with Crippen LogP contribution >= 0.6 is 27.3 Å². The Labute approximate surface area is 174 Å². The van der Waals surface area contributed by atoms with Crippen LogP contribution < -0.4 is 5.32 Å². The molecule has 1 aromatic carbocycles. The van der Waals surface area contributed by atoms with Crippen molar-refractivity contribution in [2.75, 3.05) is 17.6 Å². The van der Waals surface area contributed by atoms with E-state index in [0.29, 0.717) is 16.5 Å². The minimum atomic E-state index is -3.42. The lowest BCUT2D eigenvalue weighted by atomic mass is 10.1. The number of carbonyl (C=O) groups excluding carboxylic acids is 1. The molecule has 7 nitrogen and oxygen atoms in total. The van der Waals surface area contributed by atoms with E-state index in [1.54, 1.807) is 17.2 Å². The summed E-state index contributed by atoms with van der Waals surface area (Å²) < 4.78 is 27.8. The molecule has 1 amide bonds. The third-order valence-electron chi connectivity index (χ3n) is 4.22. The number of amidine groups is 1. The van der Waals surface area contributed by atoms with Gasteiger partial charge in [-0.15, -0.1) is 15.7 Å². The molecule has 0 atom stereocenters. The lowest BCUT2D eigenvalue weighted by Crippen LogP contribution is -2.37. The number of thiazole rings is 1.